The van der Waals surface area contributed by atoms with Gasteiger partial charge in [0.25, 0.3) is 0 Å². The molecule has 1 aromatic heterocycles. The molecule has 2 atom stereocenters. The number of hydrogen-bond acceptors (Lipinski definition) is 4. The van der Waals surface area contributed by atoms with E-state index in [1.54, 1.807) is 4.31 Å². The van der Waals surface area contributed by atoms with E-state index in [1.807, 2.05) is 25.1 Å². The minimum absolute atomic E-state index is 0.123. The predicted molar refractivity (Wildman–Crippen MR) is 74.7 cm³/mol. The van der Waals surface area contributed by atoms with E-state index in [4.69, 9.17) is 0 Å². The molecule has 1 aromatic rings. The Kier molecular flexibility index (Phi) is 3.02. The molecule has 0 N–H and O–H groups in total. The number of hydrogen-bond donors (Lipinski definition) is 0. The number of aromatic nitrogens is 1. The standard InChI is InChI=1S/C13H19N3O2S/c1-10-4-3-5-13(14-10)15-8-6-12-11(15)7-9-16(12)19(2,17)18/h3-5,11-12H,6-9H2,1-2H3/t11-,12-/m1/s1. The first-order valence-corrected chi connectivity index (χ1v) is 8.49. The van der Waals surface area contributed by atoms with E-state index in [2.05, 4.69) is 9.88 Å². The minimum Gasteiger partial charge on any atom is -0.352 e. The summed E-state index contributed by atoms with van der Waals surface area (Å²) in [5, 5.41) is 0. The van der Waals surface area contributed by atoms with Crippen molar-refractivity contribution in [3.63, 3.8) is 0 Å². The Morgan fingerprint density at radius 2 is 1.95 bits per heavy atom. The van der Waals surface area contributed by atoms with E-state index in [9.17, 15) is 8.42 Å². The average molecular weight is 281 g/mol. The molecule has 0 unspecified atom stereocenters. The van der Waals surface area contributed by atoms with E-state index in [0.29, 0.717) is 6.54 Å². The molecule has 3 rings (SSSR count). The molecule has 6 heteroatoms. The van der Waals surface area contributed by atoms with Crippen LogP contribution in [0.1, 0.15) is 18.5 Å². The van der Waals surface area contributed by atoms with Crippen LogP contribution < -0.4 is 4.90 Å². The van der Waals surface area contributed by atoms with Crippen molar-refractivity contribution in [3.05, 3.63) is 23.9 Å². The minimum atomic E-state index is -3.08. The summed E-state index contributed by atoms with van der Waals surface area (Å²) in [6.07, 6.45) is 3.10. The summed E-state index contributed by atoms with van der Waals surface area (Å²) in [7, 11) is -3.08. The Bertz CT molecular complexity index is 587. The topological polar surface area (TPSA) is 53.5 Å². The normalized spacial score (nSPS) is 27.8. The number of fused-ring (bicyclic) bond motifs is 1. The summed E-state index contributed by atoms with van der Waals surface area (Å²) in [6.45, 7) is 3.50. The van der Waals surface area contributed by atoms with Gasteiger partial charge in [-0.15, -0.1) is 0 Å². The third-order valence-electron chi connectivity index (χ3n) is 4.12. The third-order valence-corrected chi connectivity index (χ3v) is 5.42. The van der Waals surface area contributed by atoms with Crippen molar-refractivity contribution in [1.29, 1.82) is 0 Å². The van der Waals surface area contributed by atoms with Gasteiger partial charge < -0.3 is 4.90 Å². The number of pyridine rings is 1. The van der Waals surface area contributed by atoms with Crippen LogP contribution in [0.15, 0.2) is 18.2 Å². The molecular formula is C13H19N3O2S. The molecule has 0 amide bonds. The summed E-state index contributed by atoms with van der Waals surface area (Å²) in [6, 6.07) is 6.41. The zero-order valence-corrected chi connectivity index (χ0v) is 12.1. The van der Waals surface area contributed by atoms with E-state index in [0.717, 1.165) is 30.9 Å². The van der Waals surface area contributed by atoms with Crippen molar-refractivity contribution in [2.24, 2.45) is 0 Å². The van der Waals surface area contributed by atoms with Crippen molar-refractivity contribution in [2.45, 2.75) is 31.8 Å². The van der Waals surface area contributed by atoms with Crippen LogP contribution in [0.3, 0.4) is 0 Å². The van der Waals surface area contributed by atoms with Gasteiger partial charge in [0.2, 0.25) is 10.0 Å². The number of anilines is 1. The third kappa shape index (κ3) is 2.23. The highest BCUT2D eigenvalue weighted by molar-refractivity contribution is 7.88. The van der Waals surface area contributed by atoms with Crippen molar-refractivity contribution < 1.29 is 8.42 Å². The molecule has 2 saturated heterocycles. The average Bonchev–Trinajstić information content (AvgIpc) is 2.87. The molecule has 2 aliphatic rings. The Labute approximate surface area is 114 Å². The van der Waals surface area contributed by atoms with Crippen LogP contribution in [0, 0.1) is 6.92 Å². The predicted octanol–water partition coefficient (Wildman–Crippen LogP) is 1.00. The molecule has 0 bridgehead atoms. The maximum Gasteiger partial charge on any atom is 0.211 e. The van der Waals surface area contributed by atoms with Gasteiger partial charge in [-0.25, -0.2) is 13.4 Å². The van der Waals surface area contributed by atoms with Gasteiger partial charge in [-0.1, -0.05) is 6.07 Å². The Morgan fingerprint density at radius 1 is 1.21 bits per heavy atom. The van der Waals surface area contributed by atoms with Crippen LogP contribution in [0.2, 0.25) is 0 Å². The highest BCUT2D eigenvalue weighted by Crippen LogP contribution is 2.35. The Morgan fingerprint density at radius 3 is 2.63 bits per heavy atom. The summed E-state index contributed by atoms with van der Waals surface area (Å²) >= 11 is 0. The maximum absolute atomic E-state index is 11.8. The van der Waals surface area contributed by atoms with Crippen LogP contribution in [0.4, 0.5) is 5.82 Å². The lowest BCUT2D eigenvalue weighted by Crippen LogP contribution is -2.39. The van der Waals surface area contributed by atoms with Crippen LogP contribution in [-0.2, 0) is 10.0 Å². The van der Waals surface area contributed by atoms with Gasteiger partial charge in [0.05, 0.1) is 6.26 Å². The second kappa shape index (κ2) is 4.45. The molecule has 3 heterocycles. The van der Waals surface area contributed by atoms with Crippen LogP contribution in [0.25, 0.3) is 0 Å². The van der Waals surface area contributed by atoms with Gasteiger partial charge in [0, 0.05) is 30.9 Å². The molecular weight excluding hydrogens is 262 g/mol. The molecule has 2 aliphatic heterocycles. The van der Waals surface area contributed by atoms with Gasteiger partial charge in [-0.2, -0.15) is 4.31 Å². The fourth-order valence-corrected chi connectivity index (χ4v) is 4.51. The summed E-state index contributed by atoms with van der Waals surface area (Å²) in [5.74, 6) is 0.975. The molecule has 0 aliphatic carbocycles. The lowest BCUT2D eigenvalue weighted by molar-refractivity contribution is 0.391. The van der Waals surface area contributed by atoms with Crippen molar-refractivity contribution >= 4 is 15.8 Å². The number of rotatable bonds is 2. The molecule has 104 valence electrons. The van der Waals surface area contributed by atoms with Crippen LogP contribution in [0.5, 0.6) is 0 Å². The van der Waals surface area contributed by atoms with E-state index < -0.39 is 10.0 Å². The zero-order valence-electron chi connectivity index (χ0n) is 11.3. The highest BCUT2D eigenvalue weighted by Gasteiger charge is 2.46. The van der Waals surface area contributed by atoms with Crippen molar-refractivity contribution in [3.8, 4) is 0 Å². The smallest absolute Gasteiger partial charge is 0.211 e. The first-order valence-electron chi connectivity index (χ1n) is 6.64. The Hall–Kier alpha value is -1.14. The molecule has 0 aromatic carbocycles. The highest BCUT2D eigenvalue weighted by atomic mass is 32.2. The van der Waals surface area contributed by atoms with Crippen molar-refractivity contribution in [1.82, 2.24) is 9.29 Å². The molecule has 2 fully saturated rings. The Balaban J connectivity index is 1.86. The fourth-order valence-electron chi connectivity index (χ4n) is 3.33. The molecule has 5 nitrogen and oxygen atoms in total. The summed E-state index contributed by atoms with van der Waals surface area (Å²) in [5.41, 5.74) is 0.999. The van der Waals surface area contributed by atoms with Gasteiger partial charge >= 0.3 is 0 Å². The molecule has 0 spiro atoms. The largest absolute Gasteiger partial charge is 0.352 e. The first-order chi connectivity index (χ1) is 8.97. The van der Waals surface area contributed by atoms with Crippen LogP contribution >= 0.6 is 0 Å². The van der Waals surface area contributed by atoms with Gasteiger partial charge in [-0.05, 0) is 31.9 Å². The van der Waals surface area contributed by atoms with E-state index >= 15 is 0 Å². The number of aryl methyl sites for hydroxylation is 1. The molecule has 0 radical (unpaired) electrons. The van der Waals surface area contributed by atoms with E-state index in [-0.39, 0.29) is 12.1 Å². The summed E-state index contributed by atoms with van der Waals surface area (Å²) in [4.78, 5) is 6.83. The zero-order chi connectivity index (χ0) is 13.6. The lowest BCUT2D eigenvalue weighted by Gasteiger charge is -2.25. The SMILES string of the molecule is Cc1cccc(N2CC[C@@H]3[C@H]2CCN3S(C)(=O)=O)n1. The second-order valence-corrected chi connectivity index (χ2v) is 7.35. The summed E-state index contributed by atoms with van der Waals surface area (Å²) < 4.78 is 25.2. The molecule has 0 saturated carbocycles. The fraction of sp³-hybridized carbons (Fsp3) is 0.615. The lowest BCUT2D eigenvalue weighted by atomic mass is 10.1. The second-order valence-electron chi connectivity index (χ2n) is 5.42. The first kappa shape index (κ1) is 12.9. The van der Waals surface area contributed by atoms with Crippen LogP contribution in [-0.4, -0.2) is 49.1 Å². The van der Waals surface area contributed by atoms with Gasteiger partial charge in [0.1, 0.15) is 5.82 Å². The monoisotopic (exact) mass is 281 g/mol. The van der Waals surface area contributed by atoms with Crippen molar-refractivity contribution in [2.75, 3.05) is 24.2 Å². The number of nitrogens with zero attached hydrogens (tertiary/aromatic N) is 3. The quantitative estimate of drug-likeness (QED) is 0.811. The molecule has 19 heavy (non-hydrogen) atoms. The van der Waals surface area contributed by atoms with Gasteiger partial charge in [-0.3, -0.25) is 0 Å². The number of sulfonamides is 1. The van der Waals surface area contributed by atoms with E-state index in [1.165, 1.54) is 6.26 Å². The maximum atomic E-state index is 11.8. The van der Waals surface area contributed by atoms with Gasteiger partial charge in [0.15, 0.2) is 0 Å².